The van der Waals surface area contributed by atoms with Gasteiger partial charge >= 0.3 is 0 Å². The van der Waals surface area contributed by atoms with Crippen molar-refractivity contribution >= 4 is 37.4 Å². The summed E-state index contributed by atoms with van der Waals surface area (Å²) in [6, 6.07) is 12.3. The molecule has 0 bridgehead atoms. The molecular formula is C21H24N2O4S2. The second-order valence-electron chi connectivity index (χ2n) is 6.90. The van der Waals surface area contributed by atoms with Gasteiger partial charge in [0.1, 0.15) is 10.6 Å². The molecule has 0 fully saturated rings. The van der Waals surface area contributed by atoms with Crippen LogP contribution in [0.3, 0.4) is 0 Å². The van der Waals surface area contributed by atoms with E-state index < -0.39 is 10.0 Å². The maximum atomic E-state index is 12.6. The largest absolute Gasteiger partial charge is 0.495 e. The van der Waals surface area contributed by atoms with Gasteiger partial charge in [-0.25, -0.2) is 13.1 Å². The molecule has 0 atom stereocenters. The molecular weight excluding hydrogens is 408 g/mol. The highest BCUT2D eigenvalue weighted by Gasteiger charge is 2.22. The van der Waals surface area contributed by atoms with Crippen LogP contribution in [0.15, 0.2) is 52.7 Å². The van der Waals surface area contributed by atoms with E-state index >= 15 is 0 Å². The molecule has 2 N–H and O–H groups in total. The molecule has 0 radical (unpaired) electrons. The van der Waals surface area contributed by atoms with Crippen LogP contribution >= 0.6 is 11.3 Å². The average molecular weight is 433 g/mol. The molecule has 8 heteroatoms. The van der Waals surface area contributed by atoms with Gasteiger partial charge in [-0.1, -0.05) is 18.2 Å². The summed E-state index contributed by atoms with van der Waals surface area (Å²) >= 11 is 1.68. The smallest absolute Gasteiger partial charge is 0.251 e. The lowest BCUT2D eigenvalue weighted by atomic mass is 10.1. The summed E-state index contributed by atoms with van der Waals surface area (Å²) in [5.74, 6) is -0.132. The molecule has 0 aliphatic carbocycles. The number of hydrogen-bond acceptors (Lipinski definition) is 5. The molecule has 0 saturated carbocycles. The van der Waals surface area contributed by atoms with Gasteiger partial charge in [0, 0.05) is 22.8 Å². The summed E-state index contributed by atoms with van der Waals surface area (Å²) in [6.07, 6.45) is 0.700. The molecule has 2 aromatic carbocycles. The average Bonchev–Trinajstić information content (AvgIpc) is 3.09. The maximum absolute atomic E-state index is 12.6. The highest BCUT2D eigenvalue weighted by Crippen LogP contribution is 2.26. The molecule has 0 aliphatic heterocycles. The minimum atomic E-state index is -3.79. The fourth-order valence-electron chi connectivity index (χ4n) is 3.04. The summed E-state index contributed by atoms with van der Waals surface area (Å²) in [4.78, 5) is 12.5. The van der Waals surface area contributed by atoms with Crippen molar-refractivity contribution in [3.8, 4) is 5.75 Å². The van der Waals surface area contributed by atoms with Crippen molar-refractivity contribution in [1.29, 1.82) is 0 Å². The number of fused-ring (bicyclic) bond motifs is 1. The molecule has 1 heterocycles. The van der Waals surface area contributed by atoms with Crippen LogP contribution in [0.2, 0.25) is 0 Å². The number of rotatable bonds is 8. The fourth-order valence-corrected chi connectivity index (χ4v) is 5.48. The van der Waals surface area contributed by atoms with Crippen LogP contribution < -0.4 is 14.8 Å². The lowest BCUT2D eigenvalue weighted by molar-refractivity contribution is 0.0954. The number of ether oxygens (including phenoxy) is 1. The second-order valence-corrected chi connectivity index (χ2v) is 9.50. The summed E-state index contributed by atoms with van der Waals surface area (Å²) in [7, 11) is -2.39. The van der Waals surface area contributed by atoms with Gasteiger partial charge in [0.25, 0.3) is 5.91 Å². The van der Waals surface area contributed by atoms with Crippen LogP contribution in [0.1, 0.15) is 29.8 Å². The Morgan fingerprint density at radius 3 is 2.66 bits per heavy atom. The molecule has 1 amide bonds. The predicted molar refractivity (Wildman–Crippen MR) is 116 cm³/mol. The first-order chi connectivity index (χ1) is 13.8. The molecule has 29 heavy (non-hydrogen) atoms. The lowest BCUT2D eigenvalue weighted by Gasteiger charge is -2.14. The van der Waals surface area contributed by atoms with E-state index in [1.54, 1.807) is 31.3 Å². The Labute approximate surface area is 175 Å². The van der Waals surface area contributed by atoms with Crippen LogP contribution in [0, 0.1) is 0 Å². The monoisotopic (exact) mass is 432 g/mol. The van der Waals surface area contributed by atoms with Gasteiger partial charge in [-0.15, -0.1) is 11.3 Å². The first-order valence-electron chi connectivity index (χ1n) is 9.25. The number of hydrogen-bond donors (Lipinski definition) is 2. The van der Waals surface area contributed by atoms with Crippen molar-refractivity contribution in [1.82, 2.24) is 10.0 Å². The molecule has 0 saturated heterocycles. The van der Waals surface area contributed by atoms with E-state index in [1.165, 1.54) is 34.9 Å². The maximum Gasteiger partial charge on any atom is 0.251 e. The van der Waals surface area contributed by atoms with Gasteiger partial charge in [0.2, 0.25) is 10.0 Å². The van der Waals surface area contributed by atoms with E-state index in [0.717, 1.165) is 0 Å². The standard InChI is InChI=1S/C21H24N2O4S2/c1-14(2)23-29(25,26)20-12-15(8-9-18(20)27-3)21(24)22-11-10-16-13-28-19-7-5-4-6-17(16)19/h4-9,12-14,23H,10-11H2,1-3H3,(H,22,24). The van der Waals surface area contributed by atoms with E-state index in [0.29, 0.717) is 13.0 Å². The highest BCUT2D eigenvalue weighted by atomic mass is 32.2. The predicted octanol–water partition coefficient (Wildman–Crippen LogP) is 3.57. The molecule has 6 nitrogen and oxygen atoms in total. The fraction of sp³-hybridized carbons (Fsp3) is 0.286. The number of amides is 1. The number of carbonyl (C=O) groups excluding carboxylic acids is 1. The number of carbonyl (C=O) groups is 1. The number of nitrogens with one attached hydrogen (secondary N) is 2. The zero-order valence-electron chi connectivity index (χ0n) is 16.6. The van der Waals surface area contributed by atoms with Crippen LogP contribution in [-0.4, -0.2) is 34.0 Å². The number of thiophene rings is 1. The molecule has 0 spiro atoms. The summed E-state index contributed by atoms with van der Waals surface area (Å²) < 4.78 is 34.0. The first-order valence-corrected chi connectivity index (χ1v) is 11.6. The SMILES string of the molecule is COc1ccc(C(=O)NCCc2csc3ccccc23)cc1S(=O)(=O)NC(C)C. The van der Waals surface area contributed by atoms with Gasteiger partial charge in [0.15, 0.2) is 0 Å². The van der Waals surface area contributed by atoms with Gasteiger partial charge in [-0.2, -0.15) is 0 Å². The van der Waals surface area contributed by atoms with E-state index in [2.05, 4.69) is 27.6 Å². The van der Waals surface area contributed by atoms with Crippen molar-refractivity contribution in [2.45, 2.75) is 31.2 Å². The van der Waals surface area contributed by atoms with Crippen LogP contribution in [-0.2, 0) is 16.4 Å². The van der Waals surface area contributed by atoms with Crippen molar-refractivity contribution in [2.75, 3.05) is 13.7 Å². The van der Waals surface area contributed by atoms with Crippen molar-refractivity contribution < 1.29 is 17.9 Å². The summed E-state index contributed by atoms with van der Waals surface area (Å²) in [5, 5.41) is 6.17. The third-order valence-corrected chi connectivity index (χ3v) is 7.04. The Hall–Kier alpha value is -2.42. The highest BCUT2D eigenvalue weighted by molar-refractivity contribution is 7.89. The topological polar surface area (TPSA) is 84.5 Å². The van der Waals surface area contributed by atoms with Crippen molar-refractivity contribution in [3.05, 3.63) is 59.0 Å². The lowest BCUT2D eigenvalue weighted by Crippen LogP contribution is -2.31. The summed E-state index contributed by atoms with van der Waals surface area (Å²) in [6.45, 7) is 3.92. The Morgan fingerprint density at radius 1 is 1.17 bits per heavy atom. The molecule has 0 aliphatic rings. The zero-order chi connectivity index (χ0) is 21.0. The molecule has 3 aromatic rings. The normalized spacial score (nSPS) is 11.7. The third kappa shape index (κ3) is 4.95. The van der Waals surface area contributed by atoms with Gasteiger partial charge in [-0.3, -0.25) is 4.79 Å². The van der Waals surface area contributed by atoms with E-state index in [-0.39, 0.29) is 28.2 Å². The van der Waals surface area contributed by atoms with E-state index in [1.807, 2.05) is 12.1 Å². The van der Waals surface area contributed by atoms with E-state index in [9.17, 15) is 13.2 Å². The molecule has 0 unspecified atom stereocenters. The van der Waals surface area contributed by atoms with Crippen LogP contribution in [0.5, 0.6) is 5.75 Å². The quantitative estimate of drug-likeness (QED) is 0.570. The number of benzene rings is 2. The third-order valence-electron chi connectivity index (χ3n) is 4.35. The van der Waals surface area contributed by atoms with E-state index in [4.69, 9.17) is 4.74 Å². The molecule has 1 aromatic heterocycles. The molecule has 3 rings (SSSR count). The number of methoxy groups -OCH3 is 1. The summed E-state index contributed by atoms with van der Waals surface area (Å²) in [5.41, 5.74) is 1.45. The Bertz CT molecular complexity index is 1120. The first kappa shape index (κ1) is 21.3. The Morgan fingerprint density at radius 2 is 1.93 bits per heavy atom. The minimum Gasteiger partial charge on any atom is -0.495 e. The van der Waals surface area contributed by atoms with Gasteiger partial charge < -0.3 is 10.1 Å². The van der Waals surface area contributed by atoms with Crippen LogP contribution in [0.4, 0.5) is 0 Å². The Balaban J connectivity index is 1.73. The zero-order valence-corrected chi connectivity index (χ0v) is 18.2. The molecule has 154 valence electrons. The van der Waals surface area contributed by atoms with Crippen molar-refractivity contribution in [2.24, 2.45) is 0 Å². The van der Waals surface area contributed by atoms with Crippen LogP contribution in [0.25, 0.3) is 10.1 Å². The Kier molecular flexibility index (Phi) is 6.56. The second kappa shape index (κ2) is 8.94. The van der Waals surface area contributed by atoms with Gasteiger partial charge in [0.05, 0.1) is 7.11 Å². The van der Waals surface area contributed by atoms with Gasteiger partial charge in [-0.05, 0) is 60.9 Å². The minimum absolute atomic E-state index is 0.0508. The van der Waals surface area contributed by atoms with Crippen molar-refractivity contribution in [3.63, 3.8) is 0 Å². The number of sulfonamides is 1.